The Kier molecular flexibility index (Phi) is 4.74. The highest BCUT2D eigenvalue weighted by Gasteiger charge is 2.14. The number of hydrogen-bond donors (Lipinski definition) is 2. The molecule has 0 spiro atoms. The van der Waals surface area contributed by atoms with Gasteiger partial charge in [0.25, 0.3) is 0 Å². The molecule has 0 bridgehead atoms. The number of aromatic nitrogens is 1. The summed E-state index contributed by atoms with van der Waals surface area (Å²) in [5, 5.41) is 6.67. The first-order valence-corrected chi connectivity index (χ1v) is 6.71. The van der Waals surface area contributed by atoms with Gasteiger partial charge in [-0.2, -0.15) is 0 Å². The van der Waals surface area contributed by atoms with E-state index >= 15 is 0 Å². The molecule has 1 unspecified atom stereocenters. The second-order valence-corrected chi connectivity index (χ2v) is 4.90. The van der Waals surface area contributed by atoms with Gasteiger partial charge in [-0.25, -0.2) is 9.78 Å². The second kappa shape index (κ2) is 6.52. The Labute approximate surface area is 113 Å². The first kappa shape index (κ1) is 13.8. The topological polar surface area (TPSA) is 63.2 Å². The number of hydrogen-bond acceptors (Lipinski definition) is 5. The number of rotatable bonds is 5. The minimum Gasteiger partial charge on any atom is -0.465 e. The van der Waals surface area contributed by atoms with Gasteiger partial charge in [-0.15, -0.1) is 0 Å². The van der Waals surface area contributed by atoms with E-state index in [-0.39, 0.29) is 5.97 Å². The van der Waals surface area contributed by atoms with Gasteiger partial charge in [0.1, 0.15) is 5.82 Å². The SMILES string of the molecule is COC(=O)c1ccc(NCCC2CCNC2)nc1C. The molecule has 0 radical (unpaired) electrons. The van der Waals surface area contributed by atoms with Crippen LogP contribution in [0.4, 0.5) is 5.82 Å². The molecule has 19 heavy (non-hydrogen) atoms. The lowest BCUT2D eigenvalue weighted by molar-refractivity contribution is 0.0599. The molecule has 5 heteroatoms. The number of pyridine rings is 1. The molecule has 1 aromatic heterocycles. The predicted octanol–water partition coefficient (Wildman–Crippen LogP) is 1.59. The van der Waals surface area contributed by atoms with Crippen molar-refractivity contribution in [3.63, 3.8) is 0 Å². The van der Waals surface area contributed by atoms with Crippen LogP contribution in [0.25, 0.3) is 0 Å². The lowest BCUT2D eigenvalue weighted by Crippen LogP contribution is -2.13. The van der Waals surface area contributed by atoms with Crippen molar-refractivity contribution in [1.82, 2.24) is 10.3 Å². The number of nitrogens with one attached hydrogen (secondary N) is 2. The molecule has 1 aromatic rings. The van der Waals surface area contributed by atoms with Crippen LogP contribution in [0.3, 0.4) is 0 Å². The normalized spacial score (nSPS) is 18.3. The maximum absolute atomic E-state index is 11.4. The Hall–Kier alpha value is -1.62. The molecule has 0 amide bonds. The summed E-state index contributed by atoms with van der Waals surface area (Å²) in [5.41, 5.74) is 1.22. The molecule has 0 saturated carbocycles. The summed E-state index contributed by atoms with van der Waals surface area (Å²) in [7, 11) is 1.38. The molecule has 1 saturated heterocycles. The van der Waals surface area contributed by atoms with Crippen molar-refractivity contribution < 1.29 is 9.53 Å². The van der Waals surface area contributed by atoms with Crippen molar-refractivity contribution in [1.29, 1.82) is 0 Å². The predicted molar refractivity (Wildman–Crippen MR) is 74.4 cm³/mol. The van der Waals surface area contributed by atoms with Gasteiger partial charge in [-0.05, 0) is 50.9 Å². The minimum atomic E-state index is -0.339. The highest BCUT2D eigenvalue weighted by Crippen LogP contribution is 2.14. The number of carbonyl (C=O) groups is 1. The lowest BCUT2D eigenvalue weighted by Gasteiger charge is -2.11. The van der Waals surface area contributed by atoms with Crippen LogP contribution in [0.15, 0.2) is 12.1 Å². The van der Waals surface area contributed by atoms with Crippen LogP contribution in [-0.4, -0.2) is 37.7 Å². The molecule has 1 aliphatic heterocycles. The van der Waals surface area contributed by atoms with Crippen molar-refractivity contribution in [3.8, 4) is 0 Å². The first-order chi connectivity index (χ1) is 9.20. The van der Waals surface area contributed by atoms with Gasteiger partial charge in [-0.3, -0.25) is 0 Å². The second-order valence-electron chi connectivity index (χ2n) is 4.90. The van der Waals surface area contributed by atoms with E-state index in [4.69, 9.17) is 4.74 Å². The molecule has 1 fully saturated rings. The summed E-state index contributed by atoms with van der Waals surface area (Å²) in [6.07, 6.45) is 2.40. The van der Waals surface area contributed by atoms with E-state index in [0.717, 1.165) is 37.8 Å². The van der Waals surface area contributed by atoms with E-state index in [1.807, 2.05) is 13.0 Å². The van der Waals surface area contributed by atoms with E-state index in [0.29, 0.717) is 11.3 Å². The Morgan fingerprint density at radius 3 is 3.05 bits per heavy atom. The first-order valence-electron chi connectivity index (χ1n) is 6.71. The number of aryl methyl sites for hydroxylation is 1. The number of methoxy groups -OCH3 is 1. The van der Waals surface area contributed by atoms with E-state index in [1.165, 1.54) is 13.5 Å². The van der Waals surface area contributed by atoms with Gasteiger partial charge < -0.3 is 15.4 Å². The third kappa shape index (κ3) is 3.67. The summed E-state index contributed by atoms with van der Waals surface area (Å²) in [5.74, 6) is 1.24. The largest absolute Gasteiger partial charge is 0.465 e. The van der Waals surface area contributed by atoms with Gasteiger partial charge in [-0.1, -0.05) is 0 Å². The Morgan fingerprint density at radius 2 is 2.42 bits per heavy atom. The van der Waals surface area contributed by atoms with Crippen molar-refractivity contribution in [3.05, 3.63) is 23.4 Å². The highest BCUT2D eigenvalue weighted by molar-refractivity contribution is 5.90. The van der Waals surface area contributed by atoms with Gasteiger partial charge in [0.05, 0.1) is 18.4 Å². The molecular formula is C14H21N3O2. The maximum atomic E-state index is 11.4. The molecule has 1 aliphatic rings. The van der Waals surface area contributed by atoms with E-state index in [2.05, 4.69) is 15.6 Å². The highest BCUT2D eigenvalue weighted by atomic mass is 16.5. The quantitative estimate of drug-likeness (QED) is 0.790. The van der Waals surface area contributed by atoms with E-state index in [1.54, 1.807) is 6.07 Å². The Balaban J connectivity index is 1.87. The van der Waals surface area contributed by atoms with Gasteiger partial charge in [0, 0.05) is 6.54 Å². The third-order valence-corrected chi connectivity index (χ3v) is 3.51. The van der Waals surface area contributed by atoms with E-state index < -0.39 is 0 Å². The van der Waals surface area contributed by atoms with Crippen LogP contribution in [0.2, 0.25) is 0 Å². The molecule has 0 aliphatic carbocycles. The summed E-state index contributed by atoms with van der Waals surface area (Å²) < 4.78 is 4.70. The van der Waals surface area contributed by atoms with E-state index in [9.17, 15) is 4.79 Å². The number of esters is 1. The Morgan fingerprint density at radius 1 is 1.58 bits per heavy atom. The van der Waals surface area contributed by atoms with Gasteiger partial charge >= 0.3 is 5.97 Å². The van der Waals surface area contributed by atoms with Gasteiger partial charge in [0.15, 0.2) is 0 Å². The molecule has 5 nitrogen and oxygen atoms in total. The maximum Gasteiger partial charge on any atom is 0.339 e. The summed E-state index contributed by atoms with van der Waals surface area (Å²) in [4.78, 5) is 15.8. The van der Waals surface area contributed by atoms with Gasteiger partial charge in [0.2, 0.25) is 0 Å². The Bertz CT molecular complexity index is 442. The average Bonchev–Trinajstić information content (AvgIpc) is 2.91. The summed E-state index contributed by atoms with van der Waals surface area (Å²) in [6.45, 7) is 4.99. The van der Waals surface area contributed by atoms with Crippen molar-refractivity contribution in [2.24, 2.45) is 5.92 Å². The smallest absolute Gasteiger partial charge is 0.339 e. The number of anilines is 1. The molecule has 104 valence electrons. The number of carbonyl (C=O) groups excluding carboxylic acids is 1. The molecular weight excluding hydrogens is 242 g/mol. The zero-order valence-corrected chi connectivity index (χ0v) is 11.5. The van der Waals surface area contributed by atoms with Crippen LogP contribution < -0.4 is 10.6 Å². The fraction of sp³-hybridized carbons (Fsp3) is 0.571. The van der Waals surface area contributed by atoms with Crippen LogP contribution >= 0.6 is 0 Å². The molecule has 0 aromatic carbocycles. The van der Waals surface area contributed by atoms with Crippen molar-refractivity contribution in [2.75, 3.05) is 32.1 Å². The third-order valence-electron chi connectivity index (χ3n) is 3.51. The average molecular weight is 263 g/mol. The summed E-state index contributed by atoms with van der Waals surface area (Å²) in [6, 6.07) is 3.58. The molecule has 2 rings (SSSR count). The minimum absolute atomic E-state index is 0.339. The number of ether oxygens (including phenoxy) is 1. The van der Waals surface area contributed by atoms with Crippen molar-refractivity contribution >= 4 is 11.8 Å². The molecule has 2 heterocycles. The van der Waals surface area contributed by atoms with Crippen LogP contribution in [0, 0.1) is 12.8 Å². The fourth-order valence-corrected chi connectivity index (χ4v) is 2.35. The monoisotopic (exact) mass is 263 g/mol. The molecule has 1 atom stereocenters. The van der Waals surface area contributed by atoms with Crippen molar-refractivity contribution in [2.45, 2.75) is 19.8 Å². The number of nitrogens with zero attached hydrogens (tertiary/aromatic N) is 1. The lowest BCUT2D eigenvalue weighted by atomic mass is 10.1. The zero-order valence-electron chi connectivity index (χ0n) is 11.5. The van der Waals surface area contributed by atoms with Crippen LogP contribution in [0.1, 0.15) is 28.9 Å². The zero-order chi connectivity index (χ0) is 13.7. The fourth-order valence-electron chi connectivity index (χ4n) is 2.35. The van der Waals surface area contributed by atoms with Crippen LogP contribution in [-0.2, 0) is 4.74 Å². The van der Waals surface area contributed by atoms with Crippen LogP contribution in [0.5, 0.6) is 0 Å². The standard InChI is InChI=1S/C14H21N3O2/c1-10-12(14(18)19-2)3-4-13(17-10)16-8-6-11-5-7-15-9-11/h3-4,11,15H,5-9H2,1-2H3,(H,16,17). The molecule has 2 N–H and O–H groups in total. The summed E-state index contributed by atoms with van der Waals surface area (Å²) >= 11 is 0.